The van der Waals surface area contributed by atoms with E-state index in [2.05, 4.69) is 97.1 Å². The third-order valence-corrected chi connectivity index (χ3v) is 6.16. The second-order valence-corrected chi connectivity index (χ2v) is 8.37. The minimum absolute atomic E-state index is 0.910. The van der Waals surface area contributed by atoms with Crippen LogP contribution in [0.4, 0.5) is 0 Å². The maximum atomic E-state index is 4.98. The van der Waals surface area contributed by atoms with Gasteiger partial charge in [-0.3, -0.25) is 0 Å². The molecule has 2 nitrogen and oxygen atoms in total. The van der Waals surface area contributed by atoms with Crippen molar-refractivity contribution in [3.8, 4) is 33.5 Å². The van der Waals surface area contributed by atoms with Crippen LogP contribution in [0.15, 0.2) is 115 Å². The van der Waals surface area contributed by atoms with Gasteiger partial charge in [-0.25, -0.2) is 9.97 Å². The second kappa shape index (κ2) is 7.99. The van der Waals surface area contributed by atoms with Gasteiger partial charge in [-0.1, -0.05) is 91.0 Å². The standard InChI is InChI=1S/C31H22N2/c1-21-31(23-9-3-2-4-10-23)33-30-20-28(16-17-29(30)32-21)26-13-7-12-25(19-26)27-15-14-22-8-5-6-11-24(22)18-27/h2-20H,1H3. The van der Waals surface area contributed by atoms with Crippen molar-refractivity contribution >= 4 is 21.8 Å². The van der Waals surface area contributed by atoms with E-state index in [0.717, 1.165) is 33.5 Å². The van der Waals surface area contributed by atoms with Crippen molar-refractivity contribution in [1.29, 1.82) is 0 Å². The van der Waals surface area contributed by atoms with E-state index in [-0.39, 0.29) is 0 Å². The summed E-state index contributed by atoms with van der Waals surface area (Å²) in [5.41, 5.74) is 9.54. The lowest BCUT2D eigenvalue weighted by Crippen LogP contribution is -1.94. The van der Waals surface area contributed by atoms with E-state index in [1.165, 1.54) is 27.5 Å². The fourth-order valence-corrected chi connectivity index (χ4v) is 4.44. The van der Waals surface area contributed by atoms with E-state index in [1.807, 2.05) is 25.1 Å². The quantitative estimate of drug-likeness (QED) is 0.288. The van der Waals surface area contributed by atoms with Crippen LogP contribution in [0.25, 0.3) is 55.3 Å². The number of hydrogen-bond donors (Lipinski definition) is 0. The number of aromatic nitrogens is 2. The zero-order valence-electron chi connectivity index (χ0n) is 18.4. The van der Waals surface area contributed by atoms with E-state index in [1.54, 1.807) is 0 Å². The Labute approximate surface area is 193 Å². The third kappa shape index (κ3) is 3.66. The van der Waals surface area contributed by atoms with Gasteiger partial charge in [-0.15, -0.1) is 0 Å². The number of fused-ring (bicyclic) bond motifs is 2. The number of aryl methyl sites for hydroxylation is 1. The summed E-state index contributed by atoms with van der Waals surface area (Å²) in [5.74, 6) is 0. The summed E-state index contributed by atoms with van der Waals surface area (Å²) >= 11 is 0. The summed E-state index contributed by atoms with van der Waals surface area (Å²) in [4.78, 5) is 9.80. The molecule has 0 bridgehead atoms. The Morgan fingerprint density at radius 3 is 1.88 bits per heavy atom. The summed E-state index contributed by atoms with van der Waals surface area (Å²) in [7, 11) is 0. The highest BCUT2D eigenvalue weighted by atomic mass is 14.8. The van der Waals surface area contributed by atoms with Crippen molar-refractivity contribution in [3.63, 3.8) is 0 Å². The molecule has 0 spiro atoms. The Kier molecular flexibility index (Phi) is 4.70. The third-order valence-electron chi connectivity index (χ3n) is 6.16. The summed E-state index contributed by atoms with van der Waals surface area (Å²) < 4.78 is 0. The molecule has 0 atom stereocenters. The average Bonchev–Trinajstić information content (AvgIpc) is 2.88. The highest BCUT2D eigenvalue weighted by Gasteiger charge is 2.09. The van der Waals surface area contributed by atoms with Crippen molar-refractivity contribution in [2.75, 3.05) is 0 Å². The van der Waals surface area contributed by atoms with Gasteiger partial charge in [-0.2, -0.15) is 0 Å². The van der Waals surface area contributed by atoms with E-state index < -0.39 is 0 Å². The smallest absolute Gasteiger partial charge is 0.0922 e. The van der Waals surface area contributed by atoms with Gasteiger partial charge in [0.05, 0.1) is 22.4 Å². The van der Waals surface area contributed by atoms with Gasteiger partial charge in [0.2, 0.25) is 0 Å². The molecule has 0 amide bonds. The number of rotatable bonds is 3. The van der Waals surface area contributed by atoms with Gasteiger partial charge in [0.1, 0.15) is 0 Å². The zero-order valence-corrected chi connectivity index (χ0v) is 18.4. The maximum absolute atomic E-state index is 4.98. The van der Waals surface area contributed by atoms with Crippen molar-refractivity contribution < 1.29 is 0 Å². The molecule has 0 saturated heterocycles. The topological polar surface area (TPSA) is 25.8 Å². The van der Waals surface area contributed by atoms with Crippen LogP contribution in [0.3, 0.4) is 0 Å². The van der Waals surface area contributed by atoms with Crippen LogP contribution in [0, 0.1) is 6.92 Å². The Balaban J connectivity index is 1.43. The van der Waals surface area contributed by atoms with Crippen molar-refractivity contribution in [2.45, 2.75) is 6.92 Å². The van der Waals surface area contributed by atoms with Crippen LogP contribution >= 0.6 is 0 Å². The molecule has 1 heterocycles. The number of benzene rings is 5. The van der Waals surface area contributed by atoms with Crippen molar-refractivity contribution in [3.05, 3.63) is 121 Å². The number of hydrogen-bond acceptors (Lipinski definition) is 2. The predicted molar refractivity (Wildman–Crippen MR) is 138 cm³/mol. The molecule has 33 heavy (non-hydrogen) atoms. The van der Waals surface area contributed by atoms with E-state index in [9.17, 15) is 0 Å². The zero-order chi connectivity index (χ0) is 22.2. The second-order valence-electron chi connectivity index (χ2n) is 8.37. The van der Waals surface area contributed by atoms with Gasteiger partial charge in [-0.05, 0) is 64.2 Å². The lowest BCUT2D eigenvalue weighted by atomic mass is 9.97. The van der Waals surface area contributed by atoms with Crippen LogP contribution in [0.2, 0.25) is 0 Å². The van der Waals surface area contributed by atoms with Crippen LogP contribution in [-0.4, -0.2) is 9.97 Å². The van der Waals surface area contributed by atoms with Gasteiger partial charge in [0, 0.05) is 5.56 Å². The monoisotopic (exact) mass is 422 g/mol. The molecule has 0 aliphatic carbocycles. The first-order chi connectivity index (χ1) is 16.2. The molecule has 0 saturated carbocycles. The molecular weight excluding hydrogens is 400 g/mol. The maximum Gasteiger partial charge on any atom is 0.0922 e. The molecule has 1 aromatic heterocycles. The minimum Gasteiger partial charge on any atom is -0.249 e. The van der Waals surface area contributed by atoms with Gasteiger partial charge >= 0.3 is 0 Å². The van der Waals surface area contributed by atoms with E-state index in [4.69, 9.17) is 9.97 Å². The fourth-order valence-electron chi connectivity index (χ4n) is 4.44. The molecule has 5 aromatic carbocycles. The molecule has 0 radical (unpaired) electrons. The predicted octanol–water partition coefficient (Wildman–Crippen LogP) is 8.09. The van der Waals surface area contributed by atoms with Gasteiger partial charge in [0.25, 0.3) is 0 Å². The number of nitrogens with zero attached hydrogens (tertiary/aromatic N) is 2. The van der Waals surface area contributed by atoms with Gasteiger partial charge in [0.15, 0.2) is 0 Å². The Bertz CT molecular complexity index is 1620. The molecule has 6 aromatic rings. The average molecular weight is 423 g/mol. The molecular formula is C31H22N2. The Hall–Kier alpha value is -4.30. The molecule has 0 unspecified atom stereocenters. The first kappa shape index (κ1) is 19.4. The normalized spacial score (nSPS) is 11.2. The highest BCUT2D eigenvalue weighted by molar-refractivity contribution is 5.89. The molecule has 2 heteroatoms. The molecule has 0 N–H and O–H groups in total. The van der Waals surface area contributed by atoms with E-state index >= 15 is 0 Å². The Morgan fingerprint density at radius 1 is 0.424 bits per heavy atom. The molecule has 6 rings (SSSR count). The first-order valence-electron chi connectivity index (χ1n) is 11.2. The van der Waals surface area contributed by atoms with Crippen molar-refractivity contribution in [1.82, 2.24) is 9.97 Å². The fraction of sp³-hybridized carbons (Fsp3) is 0.0323. The van der Waals surface area contributed by atoms with Crippen LogP contribution in [0.5, 0.6) is 0 Å². The van der Waals surface area contributed by atoms with Crippen LogP contribution in [-0.2, 0) is 0 Å². The van der Waals surface area contributed by atoms with Gasteiger partial charge < -0.3 is 0 Å². The molecule has 0 aliphatic heterocycles. The van der Waals surface area contributed by atoms with Crippen molar-refractivity contribution in [2.24, 2.45) is 0 Å². The molecule has 0 fully saturated rings. The van der Waals surface area contributed by atoms with Crippen LogP contribution in [0.1, 0.15) is 5.69 Å². The summed E-state index contributed by atoms with van der Waals surface area (Å²) in [6, 6.07) is 40.5. The molecule has 0 aliphatic rings. The largest absolute Gasteiger partial charge is 0.249 e. The summed E-state index contributed by atoms with van der Waals surface area (Å²) in [5, 5.41) is 2.51. The SMILES string of the molecule is Cc1nc2ccc(-c3cccc(-c4ccc5ccccc5c4)c3)cc2nc1-c1ccccc1. The lowest BCUT2D eigenvalue weighted by molar-refractivity contribution is 1.19. The highest BCUT2D eigenvalue weighted by Crippen LogP contribution is 2.31. The summed E-state index contributed by atoms with van der Waals surface area (Å²) in [6.07, 6.45) is 0. The van der Waals surface area contributed by atoms with E-state index in [0.29, 0.717) is 0 Å². The lowest BCUT2D eigenvalue weighted by Gasteiger charge is -2.10. The van der Waals surface area contributed by atoms with Crippen LogP contribution < -0.4 is 0 Å². The minimum atomic E-state index is 0.910. The first-order valence-corrected chi connectivity index (χ1v) is 11.2. The Morgan fingerprint density at radius 2 is 1.06 bits per heavy atom. The molecule has 156 valence electrons. The summed E-state index contributed by atoms with van der Waals surface area (Å²) in [6.45, 7) is 2.02.